The van der Waals surface area contributed by atoms with E-state index in [0.29, 0.717) is 23.7 Å². The molecule has 0 unspecified atom stereocenters. The summed E-state index contributed by atoms with van der Waals surface area (Å²) in [7, 11) is -3.49. The van der Waals surface area contributed by atoms with E-state index in [1.54, 1.807) is 21.8 Å². The van der Waals surface area contributed by atoms with Gasteiger partial charge < -0.3 is 10.6 Å². The van der Waals surface area contributed by atoms with E-state index >= 15 is 0 Å². The summed E-state index contributed by atoms with van der Waals surface area (Å²) in [6.07, 6.45) is 3.83. The molecule has 0 bridgehead atoms. The molecule has 25 heavy (non-hydrogen) atoms. The third-order valence-corrected chi connectivity index (χ3v) is 7.46. The minimum Gasteiger partial charge on any atom is -0.348 e. The third kappa shape index (κ3) is 5.26. The summed E-state index contributed by atoms with van der Waals surface area (Å²) in [5.41, 5.74) is 0. The second-order valence-corrected chi connectivity index (χ2v) is 9.06. The predicted molar refractivity (Wildman–Crippen MR) is 96.8 cm³/mol. The minimum atomic E-state index is -3.49. The Bertz CT molecular complexity index is 674. The van der Waals surface area contributed by atoms with Crippen LogP contribution in [0.3, 0.4) is 0 Å². The van der Waals surface area contributed by atoms with Crippen LogP contribution in [-0.2, 0) is 19.6 Å². The zero-order chi connectivity index (χ0) is 18.3. The summed E-state index contributed by atoms with van der Waals surface area (Å²) < 4.78 is 27.4. The van der Waals surface area contributed by atoms with Crippen molar-refractivity contribution in [1.29, 1.82) is 0 Å². The van der Waals surface area contributed by atoms with Gasteiger partial charge in [-0.15, -0.1) is 11.3 Å². The lowest BCUT2D eigenvalue weighted by Gasteiger charge is -2.34. The van der Waals surface area contributed by atoms with Gasteiger partial charge in [0, 0.05) is 25.7 Å². The molecule has 1 aliphatic heterocycles. The molecule has 0 aromatic carbocycles. The monoisotopic (exact) mass is 387 g/mol. The normalized spacial score (nSPS) is 18.7. The molecule has 7 nitrogen and oxygen atoms in total. The van der Waals surface area contributed by atoms with Gasteiger partial charge in [-0.05, 0) is 37.1 Å². The molecule has 140 valence electrons. The standard InChI is InChI=1S/C16H25N3O4S2/c1-2-9-17-15(20)16(21)18-10-8-13-6-3-4-11-19(13)25(22,23)14-7-5-12-24-14/h5,7,12-13H,2-4,6,8-11H2,1H3,(H,17,20)(H,18,21)/t13-/m1/s1. The van der Waals surface area contributed by atoms with Crippen molar-refractivity contribution in [1.82, 2.24) is 14.9 Å². The fourth-order valence-corrected chi connectivity index (χ4v) is 5.70. The summed E-state index contributed by atoms with van der Waals surface area (Å²) >= 11 is 1.21. The highest BCUT2D eigenvalue weighted by Gasteiger charge is 2.33. The van der Waals surface area contributed by atoms with Crippen LogP contribution in [-0.4, -0.2) is 50.2 Å². The maximum atomic E-state index is 12.8. The number of piperidine rings is 1. The van der Waals surface area contributed by atoms with Gasteiger partial charge in [-0.2, -0.15) is 4.31 Å². The first-order valence-corrected chi connectivity index (χ1v) is 10.9. The number of nitrogens with one attached hydrogen (secondary N) is 2. The molecule has 1 aromatic heterocycles. The van der Waals surface area contributed by atoms with Crippen LogP contribution < -0.4 is 10.6 Å². The van der Waals surface area contributed by atoms with Gasteiger partial charge in [0.15, 0.2) is 0 Å². The van der Waals surface area contributed by atoms with E-state index in [1.165, 1.54) is 11.3 Å². The molecule has 2 heterocycles. The summed E-state index contributed by atoms with van der Waals surface area (Å²) in [6, 6.07) is 3.19. The van der Waals surface area contributed by atoms with Crippen molar-refractivity contribution < 1.29 is 18.0 Å². The molecule has 1 saturated heterocycles. The number of hydrogen-bond acceptors (Lipinski definition) is 5. The average molecular weight is 388 g/mol. The summed E-state index contributed by atoms with van der Waals surface area (Å²) in [4.78, 5) is 23.2. The van der Waals surface area contributed by atoms with Crippen LogP contribution in [0.2, 0.25) is 0 Å². The molecule has 0 spiro atoms. The Morgan fingerprint density at radius 2 is 1.96 bits per heavy atom. The van der Waals surface area contributed by atoms with Crippen LogP contribution in [0.1, 0.15) is 39.0 Å². The zero-order valence-corrected chi connectivity index (χ0v) is 16.0. The fraction of sp³-hybridized carbons (Fsp3) is 0.625. The number of nitrogens with zero attached hydrogens (tertiary/aromatic N) is 1. The predicted octanol–water partition coefficient (Wildman–Crippen LogP) is 1.32. The molecular formula is C16H25N3O4S2. The highest BCUT2D eigenvalue weighted by atomic mass is 32.2. The van der Waals surface area contributed by atoms with Gasteiger partial charge in [0.1, 0.15) is 4.21 Å². The smallest absolute Gasteiger partial charge is 0.309 e. The molecule has 2 rings (SSSR count). The molecule has 1 aliphatic rings. The number of sulfonamides is 1. The van der Waals surface area contributed by atoms with Crippen LogP contribution in [0.25, 0.3) is 0 Å². The zero-order valence-electron chi connectivity index (χ0n) is 14.4. The first kappa shape index (κ1) is 19.9. The molecule has 0 aliphatic carbocycles. The van der Waals surface area contributed by atoms with Gasteiger partial charge in [-0.25, -0.2) is 8.42 Å². The van der Waals surface area contributed by atoms with E-state index in [9.17, 15) is 18.0 Å². The van der Waals surface area contributed by atoms with E-state index in [-0.39, 0.29) is 12.6 Å². The number of hydrogen-bond donors (Lipinski definition) is 2. The molecule has 1 aromatic rings. The maximum Gasteiger partial charge on any atom is 0.309 e. The Morgan fingerprint density at radius 1 is 1.24 bits per heavy atom. The Balaban J connectivity index is 1.91. The largest absolute Gasteiger partial charge is 0.348 e. The van der Waals surface area contributed by atoms with Crippen molar-refractivity contribution >= 4 is 33.2 Å². The molecule has 0 radical (unpaired) electrons. The van der Waals surface area contributed by atoms with Crippen LogP contribution in [0.15, 0.2) is 21.7 Å². The van der Waals surface area contributed by atoms with E-state index in [0.717, 1.165) is 25.7 Å². The second kappa shape index (κ2) is 9.30. The first-order valence-electron chi connectivity index (χ1n) is 8.58. The van der Waals surface area contributed by atoms with Crippen LogP contribution in [0.5, 0.6) is 0 Å². The van der Waals surface area contributed by atoms with Gasteiger partial charge in [0.2, 0.25) is 0 Å². The van der Waals surface area contributed by atoms with Crippen molar-refractivity contribution in [3.63, 3.8) is 0 Å². The number of thiophene rings is 1. The van der Waals surface area contributed by atoms with Gasteiger partial charge in [0.25, 0.3) is 10.0 Å². The van der Waals surface area contributed by atoms with E-state index in [2.05, 4.69) is 10.6 Å². The van der Waals surface area contributed by atoms with Crippen LogP contribution in [0, 0.1) is 0 Å². The molecule has 1 atom stereocenters. The van der Waals surface area contributed by atoms with E-state index in [1.807, 2.05) is 6.92 Å². The molecular weight excluding hydrogens is 362 g/mol. The Morgan fingerprint density at radius 3 is 2.60 bits per heavy atom. The summed E-state index contributed by atoms with van der Waals surface area (Å²) in [6.45, 7) is 3.14. The lowest BCUT2D eigenvalue weighted by molar-refractivity contribution is -0.139. The molecule has 2 N–H and O–H groups in total. The van der Waals surface area contributed by atoms with Crippen molar-refractivity contribution in [2.75, 3.05) is 19.6 Å². The highest BCUT2D eigenvalue weighted by molar-refractivity contribution is 7.91. The van der Waals surface area contributed by atoms with Crippen molar-refractivity contribution in [2.24, 2.45) is 0 Å². The quantitative estimate of drug-likeness (QED) is 0.690. The summed E-state index contributed by atoms with van der Waals surface area (Å²) in [5.74, 6) is -1.31. The third-order valence-electron chi connectivity index (χ3n) is 4.14. The van der Waals surface area contributed by atoms with Gasteiger partial charge in [0.05, 0.1) is 0 Å². The molecule has 0 saturated carbocycles. The van der Waals surface area contributed by atoms with Crippen molar-refractivity contribution in [3.05, 3.63) is 17.5 Å². The Kier molecular flexibility index (Phi) is 7.39. The summed E-state index contributed by atoms with van der Waals surface area (Å²) in [5, 5.41) is 6.84. The maximum absolute atomic E-state index is 12.8. The van der Waals surface area contributed by atoms with Crippen molar-refractivity contribution in [2.45, 2.75) is 49.3 Å². The van der Waals surface area contributed by atoms with Crippen LogP contribution in [0.4, 0.5) is 0 Å². The molecule has 1 fully saturated rings. The SMILES string of the molecule is CCCNC(=O)C(=O)NCC[C@H]1CCCCN1S(=O)(=O)c1cccs1. The van der Waals surface area contributed by atoms with Gasteiger partial charge in [-0.3, -0.25) is 9.59 Å². The number of carbonyl (C=O) groups excluding carboxylic acids is 2. The van der Waals surface area contributed by atoms with E-state index in [4.69, 9.17) is 0 Å². The van der Waals surface area contributed by atoms with Gasteiger partial charge >= 0.3 is 11.8 Å². The fourth-order valence-electron chi connectivity index (χ4n) is 2.86. The number of rotatable bonds is 7. The topological polar surface area (TPSA) is 95.6 Å². The highest BCUT2D eigenvalue weighted by Crippen LogP contribution is 2.28. The lowest BCUT2D eigenvalue weighted by Crippen LogP contribution is -2.46. The number of amides is 2. The first-order chi connectivity index (χ1) is 12.0. The van der Waals surface area contributed by atoms with Crippen molar-refractivity contribution in [3.8, 4) is 0 Å². The average Bonchev–Trinajstić information content (AvgIpc) is 3.15. The van der Waals surface area contributed by atoms with Gasteiger partial charge in [-0.1, -0.05) is 19.4 Å². The molecule has 2 amide bonds. The number of carbonyl (C=O) groups is 2. The Hall–Kier alpha value is -1.45. The lowest BCUT2D eigenvalue weighted by atomic mass is 10.0. The Labute approximate surface area is 152 Å². The minimum absolute atomic E-state index is 0.153. The van der Waals surface area contributed by atoms with E-state index < -0.39 is 21.8 Å². The molecule has 9 heteroatoms. The second-order valence-electron chi connectivity index (χ2n) is 6.00. The van der Waals surface area contributed by atoms with Crippen LogP contribution >= 0.6 is 11.3 Å².